The zero-order valence-corrected chi connectivity index (χ0v) is 8.86. The van der Waals surface area contributed by atoms with E-state index in [9.17, 15) is 0 Å². The van der Waals surface area contributed by atoms with Crippen LogP contribution in [0.3, 0.4) is 0 Å². The Morgan fingerprint density at radius 3 is 2.69 bits per heavy atom. The van der Waals surface area contributed by atoms with Crippen LogP contribution in [-0.2, 0) is 0 Å². The number of alkyl halides is 1. The van der Waals surface area contributed by atoms with Crippen molar-refractivity contribution in [3.05, 3.63) is 45.5 Å². The molecule has 2 heterocycles. The van der Waals surface area contributed by atoms with E-state index in [1.54, 1.807) is 23.5 Å². The van der Waals surface area contributed by atoms with Gasteiger partial charge in [0.15, 0.2) is 5.22 Å². The molecule has 0 saturated heterocycles. The first-order valence-electron chi connectivity index (χ1n) is 3.70. The molecule has 2 aromatic heterocycles. The molecule has 13 heavy (non-hydrogen) atoms. The molecule has 0 aliphatic heterocycles. The Hall–Kier alpha value is -0.440. The largest absolute Gasteiger partial charge is 0.448 e. The maximum Gasteiger partial charge on any atom is 0.193 e. The van der Waals surface area contributed by atoms with Crippen molar-refractivity contribution in [3.8, 4) is 0 Å². The highest BCUT2D eigenvalue weighted by molar-refractivity contribution is 7.10. The minimum absolute atomic E-state index is 0.229. The lowest BCUT2D eigenvalue weighted by atomic mass is 10.3. The van der Waals surface area contributed by atoms with E-state index in [4.69, 9.17) is 27.6 Å². The van der Waals surface area contributed by atoms with E-state index in [-0.39, 0.29) is 5.38 Å². The van der Waals surface area contributed by atoms with Crippen molar-refractivity contribution in [2.24, 2.45) is 0 Å². The van der Waals surface area contributed by atoms with Gasteiger partial charge in [0.1, 0.15) is 11.1 Å². The van der Waals surface area contributed by atoms with Crippen molar-refractivity contribution in [1.29, 1.82) is 0 Å². The van der Waals surface area contributed by atoms with E-state index in [2.05, 4.69) is 0 Å². The molecule has 4 heteroatoms. The van der Waals surface area contributed by atoms with Gasteiger partial charge in [0.25, 0.3) is 0 Å². The molecule has 0 spiro atoms. The molecular formula is C9H6Cl2OS. The first-order valence-corrected chi connectivity index (χ1v) is 5.39. The third kappa shape index (κ3) is 1.90. The van der Waals surface area contributed by atoms with E-state index in [0.29, 0.717) is 11.0 Å². The lowest BCUT2D eigenvalue weighted by Crippen LogP contribution is -1.85. The van der Waals surface area contributed by atoms with Crippen LogP contribution in [0, 0.1) is 0 Å². The van der Waals surface area contributed by atoms with Crippen LogP contribution in [0.4, 0.5) is 0 Å². The van der Waals surface area contributed by atoms with Gasteiger partial charge in [-0.05, 0) is 35.2 Å². The Balaban J connectivity index is 2.28. The van der Waals surface area contributed by atoms with E-state index in [0.717, 1.165) is 4.88 Å². The zero-order chi connectivity index (χ0) is 9.26. The first-order chi connectivity index (χ1) is 6.27. The van der Waals surface area contributed by atoms with Gasteiger partial charge in [0, 0.05) is 4.88 Å². The molecule has 0 aliphatic rings. The smallest absolute Gasteiger partial charge is 0.193 e. The first kappa shape index (κ1) is 9.13. The number of hydrogen-bond acceptors (Lipinski definition) is 2. The highest BCUT2D eigenvalue weighted by Crippen LogP contribution is 2.33. The summed E-state index contributed by atoms with van der Waals surface area (Å²) in [6.07, 6.45) is 0. The molecule has 0 fully saturated rings. The summed E-state index contributed by atoms with van der Waals surface area (Å²) in [6, 6.07) is 7.41. The SMILES string of the molecule is Clc1ccc(C(Cl)c2cccs2)o1. The number of rotatable bonds is 2. The van der Waals surface area contributed by atoms with Crippen molar-refractivity contribution in [2.75, 3.05) is 0 Å². The van der Waals surface area contributed by atoms with Crippen molar-refractivity contribution < 1.29 is 4.42 Å². The molecule has 68 valence electrons. The Morgan fingerprint density at radius 2 is 2.15 bits per heavy atom. The van der Waals surface area contributed by atoms with Crippen molar-refractivity contribution in [3.63, 3.8) is 0 Å². The fourth-order valence-corrected chi connectivity index (χ4v) is 2.24. The fourth-order valence-electron chi connectivity index (χ4n) is 1.04. The molecule has 0 radical (unpaired) electrons. The van der Waals surface area contributed by atoms with Crippen molar-refractivity contribution >= 4 is 34.5 Å². The second-order valence-electron chi connectivity index (χ2n) is 2.52. The van der Waals surface area contributed by atoms with Crippen LogP contribution in [-0.4, -0.2) is 0 Å². The second kappa shape index (κ2) is 3.74. The van der Waals surface area contributed by atoms with E-state index < -0.39 is 0 Å². The number of furan rings is 1. The molecule has 1 unspecified atom stereocenters. The summed E-state index contributed by atoms with van der Waals surface area (Å²) in [5.41, 5.74) is 0. The van der Waals surface area contributed by atoms with Gasteiger partial charge in [0.05, 0.1) is 0 Å². The lowest BCUT2D eigenvalue weighted by Gasteiger charge is -2.01. The standard InChI is InChI=1S/C9H6Cl2OS/c10-8-4-3-6(12-8)9(11)7-2-1-5-13-7/h1-5,9H. The van der Waals surface area contributed by atoms with Crippen LogP contribution in [0.2, 0.25) is 5.22 Å². The minimum atomic E-state index is -0.229. The molecule has 0 N–H and O–H groups in total. The maximum atomic E-state index is 6.14. The summed E-state index contributed by atoms with van der Waals surface area (Å²) in [5.74, 6) is 0.689. The van der Waals surface area contributed by atoms with Gasteiger partial charge in [-0.2, -0.15) is 0 Å². The molecule has 0 bridgehead atoms. The third-order valence-electron chi connectivity index (χ3n) is 1.64. The Kier molecular flexibility index (Phi) is 2.63. The molecule has 2 aromatic rings. The lowest BCUT2D eigenvalue weighted by molar-refractivity contribution is 0.519. The maximum absolute atomic E-state index is 6.14. The summed E-state index contributed by atoms with van der Waals surface area (Å²) in [7, 11) is 0. The number of thiophene rings is 1. The predicted octanol–water partition coefficient (Wildman–Crippen LogP) is 4.32. The summed E-state index contributed by atoms with van der Waals surface area (Å²) >= 11 is 13.4. The topological polar surface area (TPSA) is 13.1 Å². The van der Waals surface area contributed by atoms with Crippen LogP contribution in [0.5, 0.6) is 0 Å². The third-order valence-corrected chi connectivity index (χ3v) is 3.36. The normalized spacial score (nSPS) is 13.1. The molecular weight excluding hydrogens is 227 g/mol. The Bertz CT molecular complexity index is 380. The molecule has 1 nitrogen and oxygen atoms in total. The van der Waals surface area contributed by atoms with Crippen molar-refractivity contribution in [2.45, 2.75) is 5.38 Å². The van der Waals surface area contributed by atoms with E-state index in [1.165, 1.54) is 0 Å². The molecule has 2 rings (SSSR count). The Morgan fingerprint density at radius 1 is 1.31 bits per heavy atom. The highest BCUT2D eigenvalue weighted by Gasteiger charge is 2.15. The predicted molar refractivity (Wildman–Crippen MR) is 55.7 cm³/mol. The molecule has 0 saturated carbocycles. The molecule has 0 aliphatic carbocycles. The summed E-state index contributed by atoms with van der Waals surface area (Å²) in [5, 5.41) is 2.12. The zero-order valence-electron chi connectivity index (χ0n) is 6.54. The van der Waals surface area contributed by atoms with Gasteiger partial charge >= 0.3 is 0 Å². The van der Waals surface area contributed by atoms with Crippen LogP contribution in [0.25, 0.3) is 0 Å². The number of halogens is 2. The van der Waals surface area contributed by atoms with Gasteiger partial charge in [-0.1, -0.05) is 6.07 Å². The van der Waals surface area contributed by atoms with Gasteiger partial charge in [-0.3, -0.25) is 0 Å². The van der Waals surface area contributed by atoms with Gasteiger partial charge in [-0.15, -0.1) is 22.9 Å². The summed E-state index contributed by atoms with van der Waals surface area (Å²) in [4.78, 5) is 1.06. The summed E-state index contributed by atoms with van der Waals surface area (Å²) in [6.45, 7) is 0. The molecule has 1 atom stereocenters. The van der Waals surface area contributed by atoms with Gasteiger partial charge in [0.2, 0.25) is 0 Å². The highest BCUT2D eigenvalue weighted by atomic mass is 35.5. The molecule has 0 aromatic carbocycles. The van der Waals surface area contributed by atoms with Crippen molar-refractivity contribution in [1.82, 2.24) is 0 Å². The van der Waals surface area contributed by atoms with Crippen LogP contribution >= 0.6 is 34.5 Å². The fraction of sp³-hybridized carbons (Fsp3) is 0.111. The number of hydrogen-bond donors (Lipinski definition) is 0. The van der Waals surface area contributed by atoms with Gasteiger partial charge < -0.3 is 4.42 Å². The average Bonchev–Trinajstić information content (AvgIpc) is 2.72. The second-order valence-corrected chi connectivity index (χ2v) is 4.31. The van der Waals surface area contributed by atoms with Crippen LogP contribution in [0.15, 0.2) is 34.1 Å². The summed E-state index contributed by atoms with van der Waals surface area (Å²) < 4.78 is 5.21. The van der Waals surface area contributed by atoms with Crippen LogP contribution < -0.4 is 0 Å². The Labute approximate surface area is 89.9 Å². The molecule has 0 amide bonds. The minimum Gasteiger partial charge on any atom is -0.448 e. The van der Waals surface area contributed by atoms with E-state index in [1.807, 2.05) is 17.5 Å². The quantitative estimate of drug-likeness (QED) is 0.704. The van der Waals surface area contributed by atoms with Gasteiger partial charge in [-0.25, -0.2) is 0 Å². The average molecular weight is 233 g/mol. The van der Waals surface area contributed by atoms with Crippen LogP contribution in [0.1, 0.15) is 16.0 Å². The monoisotopic (exact) mass is 232 g/mol. The van der Waals surface area contributed by atoms with E-state index >= 15 is 0 Å².